The number of rotatable bonds is 0. The van der Waals surface area contributed by atoms with E-state index in [0.717, 1.165) is 0 Å². The molecule has 0 aliphatic carbocycles. The first-order valence-corrected chi connectivity index (χ1v) is 1.66. The van der Waals surface area contributed by atoms with Gasteiger partial charge in [0.2, 0.25) is 0 Å². The number of halogens is 1. The zero-order valence-corrected chi connectivity index (χ0v) is 3.66. The summed E-state index contributed by atoms with van der Waals surface area (Å²) in [5, 5.41) is 7.84. The van der Waals surface area contributed by atoms with Gasteiger partial charge in [-0.25, -0.2) is 0 Å². The first kappa shape index (κ1) is 4.83. The number of allylic oxidation sites excluding steroid dienone is 1. The molecule has 0 fully saturated rings. The van der Waals surface area contributed by atoms with E-state index in [1.165, 1.54) is 6.08 Å². The van der Waals surface area contributed by atoms with Crippen LogP contribution in [0.15, 0.2) is 11.3 Å². The van der Waals surface area contributed by atoms with Gasteiger partial charge in [0.25, 0.3) is 0 Å². The van der Waals surface area contributed by atoms with E-state index < -0.39 is 0 Å². The Morgan fingerprint density at radius 3 is 2.20 bits per heavy atom. The molecule has 0 radical (unpaired) electrons. The third-order valence-corrected chi connectivity index (χ3v) is 0.456. The summed E-state index contributed by atoms with van der Waals surface area (Å²) in [6.45, 7) is 1.66. The minimum absolute atomic E-state index is 0.148. The Kier molecular flexibility index (Phi) is 2.02. The maximum Gasteiger partial charge on any atom is 0.179 e. The van der Waals surface area contributed by atoms with Crippen LogP contribution < -0.4 is 0 Å². The molecular formula is C3H5ClO. The molecule has 0 bridgehead atoms. The van der Waals surface area contributed by atoms with Gasteiger partial charge in [0.05, 0.1) is 0 Å². The second kappa shape index (κ2) is 2.09. The van der Waals surface area contributed by atoms with E-state index in [-0.39, 0.29) is 5.22 Å². The van der Waals surface area contributed by atoms with Gasteiger partial charge in [0.1, 0.15) is 0 Å². The third-order valence-electron chi connectivity index (χ3n) is 0.238. The van der Waals surface area contributed by atoms with Crippen LogP contribution in [0.4, 0.5) is 0 Å². The highest BCUT2D eigenvalue weighted by molar-refractivity contribution is 6.27. The van der Waals surface area contributed by atoms with Crippen LogP contribution in [0.25, 0.3) is 0 Å². The summed E-state index contributed by atoms with van der Waals surface area (Å²) in [5.41, 5.74) is 0. The molecule has 0 saturated heterocycles. The highest BCUT2D eigenvalue weighted by Crippen LogP contribution is 1.89. The third kappa shape index (κ3) is 3.83. The first-order valence-electron chi connectivity index (χ1n) is 1.28. The van der Waals surface area contributed by atoms with Gasteiger partial charge in [0.15, 0.2) is 5.22 Å². The lowest BCUT2D eigenvalue weighted by atomic mass is 10.7. The molecule has 0 amide bonds. The maximum atomic E-state index is 7.99. The monoisotopic (exact) mass is 92.0 g/mol. The molecule has 5 heavy (non-hydrogen) atoms. The number of hydrogen-bond acceptors (Lipinski definition) is 1. The average Bonchev–Trinajstić information content (AvgIpc) is 1.38. The van der Waals surface area contributed by atoms with Crippen molar-refractivity contribution in [1.29, 1.82) is 0 Å². The Hall–Kier alpha value is -0.170. The Morgan fingerprint density at radius 1 is 2.00 bits per heavy atom. The van der Waals surface area contributed by atoms with Gasteiger partial charge in [-0.15, -0.1) is 0 Å². The molecule has 1 N–H and O–H groups in total. The fourth-order valence-electron chi connectivity index (χ4n) is 0. The average molecular weight is 92.5 g/mol. The normalized spacial score (nSPS) is 12.0. The molecule has 0 rings (SSSR count). The summed E-state index contributed by atoms with van der Waals surface area (Å²) < 4.78 is 0. The van der Waals surface area contributed by atoms with Crippen LogP contribution in [0, 0.1) is 0 Å². The van der Waals surface area contributed by atoms with Crippen molar-refractivity contribution in [2.24, 2.45) is 0 Å². The van der Waals surface area contributed by atoms with Crippen molar-refractivity contribution in [3.8, 4) is 0 Å². The lowest BCUT2D eigenvalue weighted by molar-refractivity contribution is 0.451. The molecule has 0 aliphatic heterocycles. The van der Waals surface area contributed by atoms with E-state index in [1.54, 1.807) is 6.92 Å². The van der Waals surface area contributed by atoms with E-state index in [4.69, 9.17) is 16.7 Å². The van der Waals surface area contributed by atoms with Crippen molar-refractivity contribution < 1.29 is 5.11 Å². The molecule has 0 saturated carbocycles. The van der Waals surface area contributed by atoms with Gasteiger partial charge < -0.3 is 5.11 Å². The van der Waals surface area contributed by atoms with Crippen molar-refractivity contribution in [3.05, 3.63) is 11.3 Å². The van der Waals surface area contributed by atoms with Crippen molar-refractivity contribution in [1.82, 2.24) is 0 Å². The van der Waals surface area contributed by atoms with E-state index in [0.29, 0.717) is 0 Å². The summed E-state index contributed by atoms with van der Waals surface area (Å²) in [5.74, 6) is 0. The summed E-state index contributed by atoms with van der Waals surface area (Å²) in [6, 6.07) is 0. The maximum absolute atomic E-state index is 7.99. The second-order valence-corrected chi connectivity index (χ2v) is 0.999. The second-order valence-electron chi connectivity index (χ2n) is 0.611. The zero-order chi connectivity index (χ0) is 4.28. The standard InChI is InChI=1S/C3H5ClO/c1-2-3(4)5/h2,5H,1H3/b3-2-. The highest BCUT2D eigenvalue weighted by atomic mass is 35.5. The Morgan fingerprint density at radius 2 is 2.20 bits per heavy atom. The van der Waals surface area contributed by atoms with Gasteiger partial charge in [-0.2, -0.15) is 0 Å². The predicted octanol–water partition coefficient (Wildman–Crippen LogP) is 1.64. The Balaban J connectivity index is 3.14. The van der Waals surface area contributed by atoms with Gasteiger partial charge in [-0.05, 0) is 24.6 Å². The van der Waals surface area contributed by atoms with Crippen molar-refractivity contribution in [3.63, 3.8) is 0 Å². The Bertz CT molecular complexity index is 44.9. The molecule has 0 aromatic heterocycles. The fourth-order valence-corrected chi connectivity index (χ4v) is 0. The molecule has 1 nitrogen and oxygen atoms in total. The van der Waals surface area contributed by atoms with Crippen LogP contribution in [0.2, 0.25) is 0 Å². The molecule has 2 heteroatoms. The number of aliphatic hydroxyl groups excluding tert-OH is 1. The molecule has 0 heterocycles. The summed E-state index contributed by atoms with van der Waals surface area (Å²) >= 11 is 4.88. The highest BCUT2D eigenvalue weighted by Gasteiger charge is 1.67. The zero-order valence-electron chi connectivity index (χ0n) is 2.90. The smallest absolute Gasteiger partial charge is 0.179 e. The summed E-state index contributed by atoms with van der Waals surface area (Å²) in [6.07, 6.45) is 1.40. The molecule has 0 aromatic rings. The number of hydrogen-bond donors (Lipinski definition) is 1. The van der Waals surface area contributed by atoms with Gasteiger partial charge in [0, 0.05) is 0 Å². The molecule has 0 unspecified atom stereocenters. The van der Waals surface area contributed by atoms with Crippen molar-refractivity contribution in [2.75, 3.05) is 0 Å². The predicted molar refractivity (Wildman–Crippen MR) is 22.2 cm³/mol. The Labute approximate surface area is 35.9 Å². The van der Waals surface area contributed by atoms with Crippen molar-refractivity contribution in [2.45, 2.75) is 6.92 Å². The van der Waals surface area contributed by atoms with Gasteiger partial charge >= 0.3 is 0 Å². The molecule has 0 aromatic carbocycles. The molecular weight excluding hydrogens is 87.5 g/mol. The quantitative estimate of drug-likeness (QED) is 0.451. The van der Waals surface area contributed by atoms with E-state index in [1.807, 2.05) is 0 Å². The number of aliphatic hydroxyl groups is 1. The summed E-state index contributed by atoms with van der Waals surface area (Å²) in [7, 11) is 0. The molecule has 30 valence electrons. The van der Waals surface area contributed by atoms with Crippen LogP contribution >= 0.6 is 11.6 Å². The van der Waals surface area contributed by atoms with Crippen LogP contribution in [0.1, 0.15) is 6.92 Å². The van der Waals surface area contributed by atoms with Crippen LogP contribution in [-0.4, -0.2) is 5.11 Å². The van der Waals surface area contributed by atoms with Crippen LogP contribution in [0.5, 0.6) is 0 Å². The topological polar surface area (TPSA) is 20.2 Å². The first-order chi connectivity index (χ1) is 2.27. The lowest BCUT2D eigenvalue weighted by Crippen LogP contribution is -1.54. The van der Waals surface area contributed by atoms with E-state index in [2.05, 4.69) is 0 Å². The van der Waals surface area contributed by atoms with Crippen LogP contribution in [0.3, 0.4) is 0 Å². The largest absolute Gasteiger partial charge is 0.499 e. The molecule has 0 spiro atoms. The van der Waals surface area contributed by atoms with Gasteiger partial charge in [-0.3, -0.25) is 0 Å². The molecule has 0 aliphatic rings. The van der Waals surface area contributed by atoms with E-state index in [9.17, 15) is 0 Å². The van der Waals surface area contributed by atoms with Crippen molar-refractivity contribution >= 4 is 11.6 Å². The summed E-state index contributed by atoms with van der Waals surface area (Å²) in [4.78, 5) is 0. The van der Waals surface area contributed by atoms with E-state index >= 15 is 0 Å². The fraction of sp³-hybridized carbons (Fsp3) is 0.333. The van der Waals surface area contributed by atoms with Gasteiger partial charge in [-0.1, -0.05) is 0 Å². The van der Waals surface area contributed by atoms with Crippen LogP contribution in [-0.2, 0) is 0 Å². The SMILES string of the molecule is C/C=C(\O)Cl. The molecule has 0 atom stereocenters. The minimum atomic E-state index is -0.148. The minimum Gasteiger partial charge on any atom is -0.499 e. The lowest BCUT2D eigenvalue weighted by Gasteiger charge is -1.71.